The van der Waals surface area contributed by atoms with Gasteiger partial charge in [-0.3, -0.25) is 4.79 Å². The van der Waals surface area contributed by atoms with Gasteiger partial charge in [-0.15, -0.1) is 0 Å². The van der Waals surface area contributed by atoms with Crippen LogP contribution < -0.4 is 0 Å². The first-order valence-corrected chi connectivity index (χ1v) is 12.1. The van der Waals surface area contributed by atoms with Gasteiger partial charge in [-0.2, -0.15) is 0 Å². The molecule has 2 aliphatic rings. The van der Waals surface area contributed by atoms with Gasteiger partial charge in [-0.1, -0.05) is 0 Å². The van der Waals surface area contributed by atoms with Crippen LogP contribution in [0.3, 0.4) is 0 Å². The molecule has 0 amide bonds. The summed E-state index contributed by atoms with van der Waals surface area (Å²) in [6, 6.07) is 4.51. The molecule has 0 spiro atoms. The second-order valence-electron chi connectivity index (χ2n) is 9.62. The molecule has 15 nitrogen and oxygen atoms in total. The Bertz CT molecular complexity index is 1170. The van der Waals surface area contributed by atoms with E-state index in [-0.39, 0.29) is 11.3 Å². The number of ketones is 1. The molecule has 220 valence electrons. The smallest absolute Gasteiger partial charge is 0.200 e. The Morgan fingerprint density at radius 3 is 1.38 bits per heavy atom. The van der Waals surface area contributed by atoms with Crippen LogP contribution in [0.4, 0.5) is 0 Å². The number of aliphatic hydroxyl groups excluding tert-OH is 8. The molecule has 12 N–H and O–H groups in total. The van der Waals surface area contributed by atoms with Gasteiger partial charge in [0, 0.05) is 5.56 Å². The Morgan fingerprint density at radius 2 is 1.00 bits per heavy atom. The van der Waals surface area contributed by atoms with Crippen molar-refractivity contribution in [1.82, 2.24) is 0 Å². The van der Waals surface area contributed by atoms with Crippen LogP contribution in [0.5, 0.6) is 23.0 Å². The number of rotatable bonds is 6. The van der Waals surface area contributed by atoms with E-state index in [2.05, 4.69) is 0 Å². The van der Waals surface area contributed by atoms with E-state index in [4.69, 9.17) is 9.47 Å². The summed E-state index contributed by atoms with van der Waals surface area (Å²) in [5.74, 6) is -4.80. The van der Waals surface area contributed by atoms with E-state index in [0.29, 0.717) is 0 Å². The molecule has 2 fully saturated rings. The predicted molar refractivity (Wildman–Crippen MR) is 128 cm³/mol. The van der Waals surface area contributed by atoms with Crippen molar-refractivity contribution in [3.8, 4) is 23.0 Å². The molecule has 2 saturated heterocycles. The van der Waals surface area contributed by atoms with Crippen molar-refractivity contribution < 1.29 is 75.5 Å². The number of phenols is 4. The fraction of sp³-hybridized carbons (Fsp3) is 0.480. The minimum absolute atomic E-state index is 0.200. The third-order valence-corrected chi connectivity index (χ3v) is 7.20. The minimum Gasteiger partial charge on any atom is -0.508 e. The first-order chi connectivity index (χ1) is 18.8. The fourth-order valence-corrected chi connectivity index (χ4v) is 4.94. The van der Waals surface area contributed by atoms with E-state index >= 15 is 0 Å². The Labute approximate surface area is 225 Å². The van der Waals surface area contributed by atoms with Gasteiger partial charge in [0.1, 0.15) is 89.6 Å². The predicted octanol–water partition coefficient (Wildman–Crippen LogP) is -3.23. The van der Waals surface area contributed by atoms with E-state index in [9.17, 15) is 66.1 Å². The molecule has 2 aromatic rings. The number of phenolic OH excluding ortho intramolecular Hbond substituents is 4. The van der Waals surface area contributed by atoms with Crippen molar-refractivity contribution in [3.05, 3.63) is 46.5 Å². The molecule has 40 heavy (non-hydrogen) atoms. The summed E-state index contributed by atoms with van der Waals surface area (Å²) in [5, 5.41) is 125. The van der Waals surface area contributed by atoms with Crippen molar-refractivity contribution >= 4 is 5.78 Å². The van der Waals surface area contributed by atoms with Crippen LogP contribution in [0.1, 0.15) is 39.3 Å². The number of carbonyl (C=O) groups is 1. The average Bonchev–Trinajstić information content (AvgIpc) is 2.93. The van der Waals surface area contributed by atoms with E-state index in [1.807, 2.05) is 0 Å². The lowest BCUT2D eigenvalue weighted by Gasteiger charge is -2.42. The van der Waals surface area contributed by atoms with Gasteiger partial charge < -0.3 is 70.8 Å². The van der Waals surface area contributed by atoms with Crippen LogP contribution in [-0.2, 0) is 9.47 Å². The Kier molecular flexibility index (Phi) is 8.53. The number of carbonyl (C=O) groups excluding carboxylic acids is 1. The first-order valence-electron chi connectivity index (χ1n) is 12.1. The standard InChI is InChI=1S/C25H30O15/c26-5-9-15(30)20(35)22(37)24(39-9)12-17(32)11(14(29)7-1-3-8(28)4-2-7)18(33)13(19(12)34)25-23(38)21(36)16(31)10(6-27)40-25/h1-4,9-10,15-16,20-28,30-38H,5-6H2/t9-,10-,15-,16-,20+,21+,22-,23-,24+,25+/m1/s1. The molecule has 0 bridgehead atoms. The summed E-state index contributed by atoms with van der Waals surface area (Å²) in [4.78, 5) is 13.5. The van der Waals surface area contributed by atoms with Crippen molar-refractivity contribution in [3.63, 3.8) is 0 Å². The maximum absolute atomic E-state index is 13.5. The molecule has 2 aliphatic heterocycles. The quantitative estimate of drug-likeness (QED) is 0.152. The van der Waals surface area contributed by atoms with Crippen LogP contribution in [0, 0.1) is 0 Å². The third kappa shape index (κ3) is 4.86. The molecular formula is C25H30O15. The summed E-state index contributed by atoms with van der Waals surface area (Å²) in [5.41, 5.74) is -2.79. The molecular weight excluding hydrogens is 540 g/mol. The second kappa shape index (κ2) is 11.4. The van der Waals surface area contributed by atoms with Gasteiger partial charge in [0.15, 0.2) is 0 Å². The number of aliphatic hydroxyl groups is 8. The van der Waals surface area contributed by atoms with Gasteiger partial charge in [0.25, 0.3) is 0 Å². The highest BCUT2D eigenvalue weighted by molar-refractivity contribution is 6.13. The van der Waals surface area contributed by atoms with E-state index in [0.717, 1.165) is 24.3 Å². The van der Waals surface area contributed by atoms with Gasteiger partial charge in [-0.05, 0) is 24.3 Å². The zero-order valence-electron chi connectivity index (χ0n) is 20.6. The summed E-state index contributed by atoms with van der Waals surface area (Å²) >= 11 is 0. The zero-order valence-corrected chi connectivity index (χ0v) is 20.6. The molecule has 0 saturated carbocycles. The van der Waals surface area contributed by atoms with Gasteiger partial charge in [0.2, 0.25) is 5.78 Å². The first kappa shape index (κ1) is 29.9. The fourth-order valence-electron chi connectivity index (χ4n) is 4.94. The average molecular weight is 571 g/mol. The van der Waals surface area contributed by atoms with Crippen LogP contribution in [0.2, 0.25) is 0 Å². The van der Waals surface area contributed by atoms with Crippen LogP contribution >= 0.6 is 0 Å². The van der Waals surface area contributed by atoms with Gasteiger partial charge >= 0.3 is 0 Å². The largest absolute Gasteiger partial charge is 0.508 e. The maximum Gasteiger partial charge on any atom is 0.200 e. The highest BCUT2D eigenvalue weighted by Gasteiger charge is 2.50. The molecule has 0 aromatic heterocycles. The summed E-state index contributed by atoms with van der Waals surface area (Å²) in [6.07, 6.45) is -18.8. The van der Waals surface area contributed by atoms with Crippen LogP contribution in [0.25, 0.3) is 0 Å². The zero-order chi connectivity index (χ0) is 29.6. The molecule has 4 rings (SSSR count). The highest BCUT2D eigenvalue weighted by atomic mass is 16.6. The molecule has 2 aromatic carbocycles. The van der Waals surface area contributed by atoms with E-state index < -0.39 is 114 Å². The van der Waals surface area contributed by atoms with Crippen molar-refractivity contribution in [1.29, 1.82) is 0 Å². The molecule has 10 atom stereocenters. The van der Waals surface area contributed by atoms with Crippen LogP contribution in [0.15, 0.2) is 24.3 Å². The second-order valence-corrected chi connectivity index (χ2v) is 9.62. The van der Waals surface area contributed by atoms with Crippen molar-refractivity contribution in [2.45, 2.75) is 61.0 Å². The normalized spacial score (nSPS) is 34.5. The van der Waals surface area contributed by atoms with Crippen molar-refractivity contribution in [2.24, 2.45) is 0 Å². The summed E-state index contributed by atoms with van der Waals surface area (Å²) in [7, 11) is 0. The van der Waals surface area contributed by atoms with Crippen LogP contribution in [-0.4, -0.2) is 129 Å². The van der Waals surface area contributed by atoms with Gasteiger partial charge in [-0.25, -0.2) is 0 Å². The number of hydrogen-bond acceptors (Lipinski definition) is 15. The Morgan fingerprint density at radius 1 is 0.600 bits per heavy atom. The molecule has 15 heteroatoms. The van der Waals surface area contributed by atoms with E-state index in [1.54, 1.807) is 0 Å². The number of aromatic hydroxyl groups is 4. The topological polar surface area (TPSA) is 278 Å². The Balaban J connectivity index is 1.98. The number of ether oxygens (including phenoxy) is 2. The summed E-state index contributed by atoms with van der Waals surface area (Å²) in [6.45, 7) is -1.78. The SMILES string of the molecule is O=C(c1ccc(O)cc1)c1c(O)c([C@@H]2O[C@H](CO)[C@@H](O)[C@H](O)[C@H]2O)c(O)c([C@@H]2O[C@H](CO)[C@@H](O)[C@H](O)[C@H]2O)c1O. The third-order valence-electron chi connectivity index (χ3n) is 7.20. The highest BCUT2D eigenvalue weighted by Crippen LogP contribution is 2.53. The number of benzene rings is 2. The number of hydrogen-bond donors (Lipinski definition) is 12. The summed E-state index contributed by atoms with van der Waals surface area (Å²) < 4.78 is 10.9. The lowest BCUT2D eigenvalue weighted by molar-refractivity contribution is -0.234. The maximum atomic E-state index is 13.5. The lowest BCUT2D eigenvalue weighted by atomic mass is 9.83. The minimum atomic E-state index is -2.08. The monoisotopic (exact) mass is 570 g/mol. The molecule has 0 aliphatic carbocycles. The molecule has 0 radical (unpaired) electrons. The lowest BCUT2D eigenvalue weighted by Crippen LogP contribution is -2.55. The molecule has 0 unspecified atom stereocenters. The Hall–Kier alpha value is -3.09. The van der Waals surface area contributed by atoms with Crippen molar-refractivity contribution in [2.75, 3.05) is 13.2 Å². The van der Waals surface area contributed by atoms with E-state index in [1.165, 1.54) is 0 Å². The van der Waals surface area contributed by atoms with Gasteiger partial charge in [0.05, 0.1) is 24.3 Å². The molecule has 2 heterocycles.